The van der Waals surface area contributed by atoms with E-state index in [9.17, 15) is 8.42 Å². The lowest BCUT2D eigenvalue weighted by molar-refractivity contribution is -0.231. The summed E-state index contributed by atoms with van der Waals surface area (Å²) in [5.74, 6) is 0.0650. The second kappa shape index (κ2) is 6.99. The standard InChI is InChI=1S/C21H22O4S/c1-15-10-12-18(13-11-15)26(22,23)19-9-5-8-17-14-24-21(25-20(17)19)16-6-3-2-4-7-16/h2-4,6-7,9-13,17,20-21H,5,8,14H2,1H3/t17-,20-,21-/m1/s1. The fourth-order valence-corrected chi connectivity index (χ4v) is 5.23. The molecule has 0 amide bonds. The third kappa shape index (κ3) is 3.22. The van der Waals surface area contributed by atoms with Gasteiger partial charge < -0.3 is 9.47 Å². The van der Waals surface area contributed by atoms with E-state index in [0.717, 1.165) is 24.0 Å². The van der Waals surface area contributed by atoms with Crippen LogP contribution in [0.15, 0.2) is 70.5 Å². The van der Waals surface area contributed by atoms with E-state index in [0.29, 0.717) is 16.4 Å². The molecule has 0 spiro atoms. The van der Waals surface area contributed by atoms with Gasteiger partial charge >= 0.3 is 0 Å². The average molecular weight is 370 g/mol. The molecule has 2 aromatic rings. The normalized spacial score (nSPS) is 26.0. The molecule has 0 aromatic heterocycles. The highest BCUT2D eigenvalue weighted by atomic mass is 32.2. The summed E-state index contributed by atoms with van der Waals surface area (Å²) in [5, 5.41) is 0. The van der Waals surface area contributed by atoms with Crippen molar-refractivity contribution in [2.75, 3.05) is 6.61 Å². The van der Waals surface area contributed by atoms with Gasteiger partial charge in [0.2, 0.25) is 9.84 Å². The zero-order valence-electron chi connectivity index (χ0n) is 14.7. The number of aryl methyl sites for hydroxylation is 1. The number of allylic oxidation sites excluding steroid dienone is 1. The first-order valence-electron chi connectivity index (χ1n) is 8.89. The van der Waals surface area contributed by atoms with Crippen molar-refractivity contribution in [1.82, 2.24) is 0 Å². The summed E-state index contributed by atoms with van der Waals surface area (Å²) >= 11 is 0. The summed E-state index contributed by atoms with van der Waals surface area (Å²) < 4.78 is 38.4. The van der Waals surface area contributed by atoms with Crippen LogP contribution in [0.1, 0.15) is 30.3 Å². The van der Waals surface area contributed by atoms with Gasteiger partial charge in [-0.1, -0.05) is 54.1 Å². The Bertz CT molecular complexity index is 901. The highest BCUT2D eigenvalue weighted by Gasteiger charge is 2.41. The maximum Gasteiger partial charge on any atom is 0.205 e. The number of ether oxygens (including phenoxy) is 2. The summed E-state index contributed by atoms with van der Waals surface area (Å²) in [6.07, 6.45) is 2.42. The van der Waals surface area contributed by atoms with Gasteiger partial charge in [0.1, 0.15) is 6.10 Å². The van der Waals surface area contributed by atoms with Crippen molar-refractivity contribution in [3.05, 3.63) is 76.7 Å². The first-order valence-corrected chi connectivity index (χ1v) is 10.4. The van der Waals surface area contributed by atoms with Crippen molar-refractivity contribution >= 4 is 9.84 Å². The quantitative estimate of drug-likeness (QED) is 0.813. The molecule has 5 heteroatoms. The van der Waals surface area contributed by atoms with Crippen LogP contribution < -0.4 is 0 Å². The highest BCUT2D eigenvalue weighted by molar-refractivity contribution is 7.95. The highest BCUT2D eigenvalue weighted by Crippen LogP contribution is 2.40. The third-order valence-electron chi connectivity index (χ3n) is 5.04. The van der Waals surface area contributed by atoms with E-state index in [1.807, 2.05) is 55.5 Å². The summed E-state index contributed by atoms with van der Waals surface area (Å²) in [6.45, 7) is 2.45. The Morgan fingerprint density at radius 1 is 1.00 bits per heavy atom. The van der Waals surface area contributed by atoms with Crippen LogP contribution >= 0.6 is 0 Å². The minimum Gasteiger partial charge on any atom is -0.348 e. The lowest BCUT2D eigenvalue weighted by atomic mass is 9.91. The van der Waals surface area contributed by atoms with Crippen LogP contribution in [0.25, 0.3) is 0 Å². The summed E-state index contributed by atoms with van der Waals surface area (Å²) in [6, 6.07) is 16.6. The number of benzene rings is 2. The Morgan fingerprint density at radius 2 is 1.73 bits per heavy atom. The monoisotopic (exact) mass is 370 g/mol. The van der Waals surface area contributed by atoms with Gasteiger partial charge in [-0.25, -0.2) is 8.42 Å². The number of sulfone groups is 1. The topological polar surface area (TPSA) is 52.6 Å². The SMILES string of the molecule is Cc1ccc(S(=O)(=O)C2=CCC[C@@H]3CO[C@@H](c4ccccc4)O[C@@H]23)cc1. The van der Waals surface area contributed by atoms with E-state index in [2.05, 4.69) is 0 Å². The van der Waals surface area contributed by atoms with Gasteiger partial charge in [0.05, 0.1) is 16.4 Å². The molecule has 136 valence electrons. The molecule has 0 saturated carbocycles. The maximum atomic E-state index is 13.2. The molecule has 4 rings (SSSR count). The number of hydrogen-bond donors (Lipinski definition) is 0. The van der Waals surface area contributed by atoms with Gasteiger partial charge in [-0.15, -0.1) is 0 Å². The van der Waals surface area contributed by atoms with Gasteiger partial charge in [0, 0.05) is 11.5 Å². The summed E-state index contributed by atoms with van der Waals surface area (Å²) in [7, 11) is -3.57. The Kier molecular flexibility index (Phi) is 4.69. The molecule has 1 aliphatic heterocycles. The Hall–Kier alpha value is -1.95. The number of hydrogen-bond acceptors (Lipinski definition) is 4. The average Bonchev–Trinajstić information content (AvgIpc) is 2.68. The fraction of sp³-hybridized carbons (Fsp3) is 0.333. The van der Waals surface area contributed by atoms with E-state index in [-0.39, 0.29) is 5.92 Å². The largest absolute Gasteiger partial charge is 0.348 e. The minimum atomic E-state index is -3.57. The van der Waals surface area contributed by atoms with Crippen LogP contribution in [0.5, 0.6) is 0 Å². The Morgan fingerprint density at radius 3 is 2.46 bits per heavy atom. The number of fused-ring (bicyclic) bond motifs is 1. The molecule has 2 aliphatic rings. The molecule has 1 aliphatic carbocycles. The predicted molar refractivity (Wildman–Crippen MR) is 99.2 cm³/mol. The molecular formula is C21H22O4S. The van der Waals surface area contributed by atoms with Crippen LogP contribution in [0.4, 0.5) is 0 Å². The van der Waals surface area contributed by atoms with Crippen LogP contribution in [-0.4, -0.2) is 21.1 Å². The van der Waals surface area contributed by atoms with Crippen LogP contribution in [0.2, 0.25) is 0 Å². The van der Waals surface area contributed by atoms with Crippen LogP contribution in [-0.2, 0) is 19.3 Å². The van der Waals surface area contributed by atoms with Crippen LogP contribution in [0.3, 0.4) is 0 Å². The van der Waals surface area contributed by atoms with Crippen molar-refractivity contribution in [2.24, 2.45) is 5.92 Å². The van der Waals surface area contributed by atoms with Gasteiger partial charge in [-0.05, 0) is 31.9 Å². The minimum absolute atomic E-state index is 0.0650. The third-order valence-corrected chi connectivity index (χ3v) is 6.95. The summed E-state index contributed by atoms with van der Waals surface area (Å²) in [5.41, 5.74) is 1.94. The smallest absolute Gasteiger partial charge is 0.205 e. The second-order valence-corrected chi connectivity index (χ2v) is 8.84. The molecule has 26 heavy (non-hydrogen) atoms. The molecule has 0 N–H and O–H groups in total. The second-order valence-electron chi connectivity index (χ2n) is 6.89. The lowest BCUT2D eigenvalue weighted by Gasteiger charge is -2.39. The van der Waals surface area contributed by atoms with E-state index < -0.39 is 22.2 Å². The van der Waals surface area contributed by atoms with E-state index in [4.69, 9.17) is 9.47 Å². The summed E-state index contributed by atoms with van der Waals surface area (Å²) in [4.78, 5) is 0.697. The van der Waals surface area contributed by atoms with Crippen molar-refractivity contribution in [1.29, 1.82) is 0 Å². The zero-order valence-corrected chi connectivity index (χ0v) is 15.5. The van der Waals surface area contributed by atoms with Gasteiger partial charge in [0.25, 0.3) is 0 Å². The van der Waals surface area contributed by atoms with E-state index in [1.165, 1.54) is 0 Å². The predicted octanol–water partition coefficient (Wildman–Crippen LogP) is 4.18. The Labute approximate surface area is 154 Å². The molecule has 1 heterocycles. The first-order chi connectivity index (χ1) is 12.6. The van der Waals surface area contributed by atoms with Crippen molar-refractivity contribution in [2.45, 2.75) is 37.1 Å². The van der Waals surface area contributed by atoms with Crippen molar-refractivity contribution < 1.29 is 17.9 Å². The Balaban J connectivity index is 1.66. The molecule has 1 saturated heterocycles. The first kappa shape index (κ1) is 17.5. The van der Waals surface area contributed by atoms with E-state index in [1.54, 1.807) is 12.1 Å². The van der Waals surface area contributed by atoms with Crippen molar-refractivity contribution in [3.63, 3.8) is 0 Å². The molecule has 0 bridgehead atoms. The molecule has 1 fully saturated rings. The molecule has 4 nitrogen and oxygen atoms in total. The van der Waals surface area contributed by atoms with Gasteiger partial charge in [-0.3, -0.25) is 0 Å². The fourth-order valence-electron chi connectivity index (χ4n) is 3.57. The molecule has 0 unspecified atom stereocenters. The lowest BCUT2D eigenvalue weighted by Crippen LogP contribution is -2.41. The van der Waals surface area contributed by atoms with Gasteiger partial charge in [0.15, 0.2) is 6.29 Å². The van der Waals surface area contributed by atoms with Crippen LogP contribution in [0, 0.1) is 12.8 Å². The zero-order chi connectivity index (χ0) is 18.1. The molecule has 3 atom stereocenters. The van der Waals surface area contributed by atoms with Gasteiger partial charge in [-0.2, -0.15) is 0 Å². The molecule has 2 aromatic carbocycles. The van der Waals surface area contributed by atoms with Crippen molar-refractivity contribution in [3.8, 4) is 0 Å². The molecule has 0 radical (unpaired) electrons. The molecular weight excluding hydrogens is 348 g/mol. The van der Waals surface area contributed by atoms with E-state index >= 15 is 0 Å². The number of rotatable bonds is 3. The maximum absolute atomic E-state index is 13.2.